The number of fused-ring (bicyclic) bond motifs is 1. The maximum absolute atomic E-state index is 14.2. The third-order valence-corrected chi connectivity index (χ3v) is 9.14. The summed E-state index contributed by atoms with van der Waals surface area (Å²) in [7, 11) is 1.56. The van der Waals surface area contributed by atoms with Crippen LogP contribution >= 0.6 is 33.9 Å². The molecule has 47 heavy (non-hydrogen) atoms. The van der Waals surface area contributed by atoms with Gasteiger partial charge in [-0.05, 0) is 121 Å². The topological polar surface area (TPSA) is 88.4 Å². The van der Waals surface area contributed by atoms with Crippen LogP contribution in [0.25, 0.3) is 6.08 Å². The van der Waals surface area contributed by atoms with Gasteiger partial charge < -0.3 is 18.9 Å². The molecular weight excluding hydrogens is 727 g/mol. The Labute approximate surface area is 291 Å². The zero-order chi connectivity index (χ0) is 33.7. The predicted molar refractivity (Wildman–Crippen MR) is 193 cm³/mol. The van der Waals surface area contributed by atoms with E-state index in [0.717, 1.165) is 22.4 Å². The lowest BCUT2D eigenvalue weighted by Gasteiger charge is -2.25. The van der Waals surface area contributed by atoms with Gasteiger partial charge in [0.15, 0.2) is 16.3 Å². The molecule has 8 nitrogen and oxygen atoms in total. The fraction of sp³-hybridized carbons (Fsp3) is 0.270. The first-order valence-corrected chi connectivity index (χ1v) is 17.2. The van der Waals surface area contributed by atoms with Crippen molar-refractivity contribution in [3.8, 4) is 17.2 Å². The van der Waals surface area contributed by atoms with Crippen molar-refractivity contribution in [2.45, 2.75) is 52.9 Å². The lowest BCUT2D eigenvalue weighted by molar-refractivity contribution is -0.139. The first-order valence-electron chi connectivity index (χ1n) is 15.3. The summed E-state index contributed by atoms with van der Waals surface area (Å²) < 4.78 is 26.4. The van der Waals surface area contributed by atoms with Crippen LogP contribution < -0.4 is 29.1 Å². The second-order valence-corrected chi connectivity index (χ2v) is 13.4. The highest BCUT2D eigenvalue weighted by atomic mass is 127. The molecule has 1 aliphatic rings. The van der Waals surface area contributed by atoms with Crippen molar-refractivity contribution >= 4 is 46.0 Å². The van der Waals surface area contributed by atoms with Crippen molar-refractivity contribution in [1.29, 1.82) is 0 Å². The van der Waals surface area contributed by atoms with Crippen LogP contribution in [0.1, 0.15) is 56.0 Å². The third kappa shape index (κ3) is 7.70. The van der Waals surface area contributed by atoms with Gasteiger partial charge in [0.05, 0.1) is 41.7 Å². The van der Waals surface area contributed by atoms with Gasteiger partial charge in [0.25, 0.3) is 5.56 Å². The summed E-state index contributed by atoms with van der Waals surface area (Å²) in [6.45, 7) is 11.9. The van der Waals surface area contributed by atoms with Gasteiger partial charge in [-0.15, -0.1) is 6.58 Å². The number of benzene rings is 3. The minimum atomic E-state index is -0.775. The number of allylic oxidation sites excluding steroid dienone is 2. The SMILES string of the molecule is C=CCc1cc(/C=c2\sc3n(c2=O)[C@H](c2ccc(OC(C)C)c(OC)c2)C(C(=O)OCC)=C(C)N=3)ccc1OCc1ccc(I)cc1. The van der Waals surface area contributed by atoms with Gasteiger partial charge in [0.2, 0.25) is 0 Å². The number of hydrogen-bond donors (Lipinski definition) is 0. The van der Waals surface area contributed by atoms with Crippen molar-refractivity contribution in [1.82, 2.24) is 4.57 Å². The Morgan fingerprint density at radius 3 is 2.51 bits per heavy atom. The number of rotatable bonds is 12. The molecule has 1 aliphatic heterocycles. The van der Waals surface area contributed by atoms with Gasteiger partial charge in [-0.25, -0.2) is 9.79 Å². The molecule has 0 spiro atoms. The Bertz CT molecular complexity index is 2010. The van der Waals surface area contributed by atoms with E-state index in [1.807, 2.05) is 50.3 Å². The van der Waals surface area contributed by atoms with Crippen LogP contribution in [0.5, 0.6) is 17.2 Å². The molecule has 5 rings (SSSR count). The number of carbonyl (C=O) groups excluding carboxylic acids is 1. The largest absolute Gasteiger partial charge is 0.493 e. The Kier molecular flexibility index (Phi) is 11.0. The quantitative estimate of drug-likeness (QED) is 0.0930. The molecule has 0 radical (unpaired) electrons. The molecule has 244 valence electrons. The van der Waals surface area contributed by atoms with Gasteiger partial charge in [0, 0.05) is 3.57 Å². The van der Waals surface area contributed by atoms with Crippen LogP contribution in [0.4, 0.5) is 0 Å². The van der Waals surface area contributed by atoms with Gasteiger partial charge in [0.1, 0.15) is 12.4 Å². The van der Waals surface area contributed by atoms with Gasteiger partial charge in [-0.1, -0.05) is 41.7 Å². The minimum absolute atomic E-state index is 0.0646. The number of aromatic nitrogens is 1. The summed E-state index contributed by atoms with van der Waals surface area (Å²) in [6.07, 6.45) is 4.21. The van der Waals surface area contributed by atoms with Crippen LogP contribution in [0.2, 0.25) is 0 Å². The van der Waals surface area contributed by atoms with E-state index in [9.17, 15) is 9.59 Å². The second-order valence-electron chi connectivity index (χ2n) is 11.2. The Morgan fingerprint density at radius 2 is 1.83 bits per heavy atom. The maximum Gasteiger partial charge on any atom is 0.338 e. The number of carbonyl (C=O) groups is 1. The Morgan fingerprint density at radius 1 is 1.09 bits per heavy atom. The Hall–Kier alpha value is -4.16. The number of ether oxygens (including phenoxy) is 4. The zero-order valence-electron chi connectivity index (χ0n) is 27.0. The molecule has 1 atom stereocenters. The third-order valence-electron chi connectivity index (χ3n) is 7.44. The van der Waals surface area contributed by atoms with Crippen molar-refractivity contribution in [2.75, 3.05) is 13.7 Å². The first kappa shape index (κ1) is 34.2. The summed E-state index contributed by atoms with van der Waals surface area (Å²) >= 11 is 3.56. The number of thiazole rings is 1. The van der Waals surface area contributed by atoms with Gasteiger partial charge in [-0.2, -0.15) is 0 Å². The lowest BCUT2D eigenvalue weighted by Crippen LogP contribution is -2.40. The number of hydrogen-bond acceptors (Lipinski definition) is 8. The normalized spacial score (nSPS) is 14.4. The lowest BCUT2D eigenvalue weighted by atomic mass is 9.95. The van der Waals surface area contributed by atoms with E-state index in [0.29, 0.717) is 50.7 Å². The van der Waals surface area contributed by atoms with Gasteiger partial charge in [-0.3, -0.25) is 9.36 Å². The molecule has 0 bridgehead atoms. The molecule has 0 saturated heterocycles. The summed E-state index contributed by atoms with van der Waals surface area (Å²) in [5, 5.41) is 0. The molecule has 0 amide bonds. The van der Waals surface area contributed by atoms with E-state index >= 15 is 0 Å². The molecule has 0 unspecified atom stereocenters. The molecule has 0 aliphatic carbocycles. The van der Waals surface area contributed by atoms with E-state index in [-0.39, 0.29) is 18.3 Å². The summed E-state index contributed by atoms with van der Waals surface area (Å²) in [5.41, 5.74) is 4.07. The smallest absolute Gasteiger partial charge is 0.338 e. The fourth-order valence-corrected chi connectivity index (χ4v) is 6.76. The molecule has 10 heteroatoms. The fourth-order valence-electron chi connectivity index (χ4n) is 5.35. The summed E-state index contributed by atoms with van der Waals surface area (Å²) in [6, 6.07) is 18.7. The number of methoxy groups -OCH3 is 1. The van der Waals surface area contributed by atoms with E-state index in [2.05, 4.69) is 53.4 Å². The number of nitrogens with zero attached hydrogens (tertiary/aromatic N) is 2. The van der Waals surface area contributed by atoms with Crippen LogP contribution in [0, 0.1) is 3.57 Å². The highest BCUT2D eigenvalue weighted by Gasteiger charge is 2.34. The van der Waals surface area contributed by atoms with Crippen molar-refractivity contribution in [2.24, 2.45) is 4.99 Å². The average molecular weight is 765 g/mol. The molecule has 0 saturated carbocycles. The highest BCUT2D eigenvalue weighted by Crippen LogP contribution is 2.36. The highest BCUT2D eigenvalue weighted by molar-refractivity contribution is 14.1. The van der Waals surface area contributed by atoms with Crippen molar-refractivity contribution in [3.63, 3.8) is 0 Å². The molecule has 1 aromatic heterocycles. The average Bonchev–Trinajstić information content (AvgIpc) is 3.34. The van der Waals surface area contributed by atoms with E-state index < -0.39 is 12.0 Å². The molecular formula is C37H37IN2O6S. The molecule has 2 heterocycles. The number of esters is 1. The van der Waals surface area contributed by atoms with Crippen LogP contribution in [-0.4, -0.2) is 30.4 Å². The van der Waals surface area contributed by atoms with E-state index in [4.69, 9.17) is 23.9 Å². The molecule has 0 fully saturated rings. The molecule has 3 aromatic carbocycles. The monoisotopic (exact) mass is 764 g/mol. The summed E-state index contributed by atoms with van der Waals surface area (Å²) in [4.78, 5) is 32.7. The standard InChI is InChI=1S/C37H37IN2O6S/c1-7-9-26-18-25(12-16-29(26)45-21-24-10-14-28(38)15-11-24)19-32-35(41)40-34(27-13-17-30(46-22(3)4)31(20-27)43-6)33(36(42)44-8-2)23(5)39-37(40)47-32/h7,10-20,22,34H,1,8-9,21H2,2-6H3/b32-19-/t34-/m1/s1. The molecule has 4 aromatic rings. The van der Waals surface area contributed by atoms with Crippen molar-refractivity contribution in [3.05, 3.63) is 130 Å². The summed E-state index contributed by atoms with van der Waals surface area (Å²) in [5.74, 6) is 1.30. The van der Waals surface area contributed by atoms with Crippen LogP contribution in [-0.2, 0) is 22.6 Å². The van der Waals surface area contributed by atoms with Crippen LogP contribution in [0.3, 0.4) is 0 Å². The number of halogens is 1. The Balaban J connectivity index is 1.58. The predicted octanol–water partition coefficient (Wildman–Crippen LogP) is 6.51. The van der Waals surface area contributed by atoms with Crippen LogP contribution in [0.15, 0.2) is 94.4 Å². The van der Waals surface area contributed by atoms with E-state index in [1.165, 1.54) is 14.9 Å². The maximum atomic E-state index is 14.2. The van der Waals surface area contributed by atoms with Crippen molar-refractivity contribution < 1.29 is 23.7 Å². The minimum Gasteiger partial charge on any atom is -0.493 e. The zero-order valence-corrected chi connectivity index (χ0v) is 30.0. The second kappa shape index (κ2) is 15.2. The molecule has 0 N–H and O–H groups in total. The van der Waals surface area contributed by atoms with E-state index in [1.54, 1.807) is 37.7 Å². The van der Waals surface area contributed by atoms with Gasteiger partial charge >= 0.3 is 5.97 Å². The first-order chi connectivity index (χ1) is 22.6.